The second-order valence-electron chi connectivity index (χ2n) is 7.73. The van der Waals surface area contributed by atoms with Crippen molar-refractivity contribution in [3.63, 3.8) is 0 Å². The van der Waals surface area contributed by atoms with Gasteiger partial charge in [-0.1, -0.05) is 0 Å². The SMILES string of the molecule is O=C1NC(=O)/C(=C/c2ccnc(N[C@H]3CC[C@H](NCc4ncccc4C(F)(F)F)CC3)n2)S1. The first kappa shape index (κ1) is 23.2. The molecule has 2 amide bonds. The predicted octanol–water partition coefficient (Wildman–Crippen LogP) is 3.73. The lowest BCUT2D eigenvalue weighted by molar-refractivity contribution is -0.138. The van der Waals surface area contributed by atoms with Gasteiger partial charge in [0.15, 0.2) is 0 Å². The van der Waals surface area contributed by atoms with Crippen LogP contribution < -0.4 is 16.0 Å². The van der Waals surface area contributed by atoms with Crippen LogP contribution in [-0.2, 0) is 17.5 Å². The quantitative estimate of drug-likeness (QED) is 0.539. The third kappa shape index (κ3) is 6.08. The Kier molecular flexibility index (Phi) is 6.94. The number of nitrogens with one attached hydrogen (secondary N) is 3. The maximum atomic E-state index is 13.1. The summed E-state index contributed by atoms with van der Waals surface area (Å²) >= 11 is 0.822. The van der Waals surface area contributed by atoms with Crippen LogP contribution in [0, 0.1) is 0 Å². The van der Waals surface area contributed by atoms with Crippen molar-refractivity contribution in [3.8, 4) is 0 Å². The third-order valence-electron chi connectivity index (χ3n) is 5.41. The van der Waals surface area contributed by atoms with Crippen LogP contribution in [-0.4, -0.2) is 38.2 Å². The Labute approximate surface area is 191 Å². The number of anilines is 1. The highest BCUT2D eigenvalue weighted by Gasteiger charge is 2.34. The van der Waals surface area contributed by atoms with Crippen molar-refractivity contribution in [1.82, 2.24) is 25.6 Å². The van der Waals surface area contributed by atoms with Gasteiger partial charge in [0.2, 0.25) is 5.95 Å². The number of rotatable bonds is 6. The third-order valence-corrected chi connectivity index (χ3v) is 6.22. The van der Waals surface area contributed by atoms with Crippen molar-refractivity contribution < 1.29 is 22.8 Å². The maximum Gasteiger partial charge on any atom is 0.418 e. The van der Waals surface area contributed by atoms with E-state index in [4.69, 9.17) is 0 Å². The summed E-state index contributed by atoms with van der Waals surface area (Å²) in [6, 6.07) is 4.20. The minimum Gasteiger partial charge on any atom is -0.351 e. The minimum absolute atomic E-state index is 0.000362. The zero-order valence-electron chi connectivity index (χ0n) is 17.4. The molecule has 12 heteroatoms. The first-order valence-electron chi connectivity index (χ1n) is 10.4. The van der Waals surface area contributed by atoms with E-state index in [0.717, 1.165) is 43.5 Å². The van der Waals surface area contributed by atoms with Gasteiger partial charge >= 0.3 is 6.18 Å². The first-order chi connectivity index (χ1) is 15.8. The molecule has 0 bridgehead atoms. The topological polar surface area (TPSA) is 109 Å². The summed E-state index contributed by atoms with van der Waals surface area (Å²) in [5.74, 6) is -0.0317. The summed E-state index contributed by atoms with van der Waals surface area (Å²) in [7, 11) is 0. The smallest absolute Gasteiger partial charge is 0.351 e. The van der Waals surface area contributed by atoms with E-state index in [1.54, 1.807) is 12.3 Å². The molecule has 1 saturated carbocycles. The molecule has 1 aliphatic heterocycles. The zero-order chi connectivity index (χ0) is 23.4. The van der Waals surface area contributed by atoms with E-state index in [-0.39, 0.29) is 29.2 Å². The molecule has 3 N–H and O–H groups in total. The van der Waals surface area contributed by atoms with Gasteiger partial charge in [0, 0.05) is 31.0 Å². The van der Waals surface area contributed by atoms with Gasteiger partial charge in [0.1, 0.15) is 0 Å². The van der Waals surface area contributed by atoms with Crippen molar-refractivity contribution >= 4 is 34.9 Å². The predicted molar refractivity (Wildman–Crippen MR) is 117 cm³/mol. The maximum absolute atomic E-state index is 13.1. The molecular weight excluding hydrogens is 457 g/mol. The lowest BCUT2D eigenvalue weighted by Gasteiger charge is -2.30. The second kappa shape index (κ2) is 9.87. The summed E-state index contributed by atoms with van der Waals surface area (Å²) in [5.41, 5.74) is -0.205. The Hall–Kier alpha value is -2.99. The number of alkyl halides is 3. The normalized spacial score (nSPS) is 22.5. The highest BCUT2D eigenvalue weighted by atomic mass is 32.2. The molecule has 1 aliphatic carbocycles. The summed E-state index contributed by atoms with van der Waals surface area (Å²) in [4.78, 5) is 35.7. The fourth-order valence-corrected chi connectivity index (χ4v) is 4.45. The molecule has 0 radical (unpaired) electrons. The van der Waals surface area contributed by atoms with Crippen LogP contribution in [0.15, 0.2) is 35.5 Å². The lowest BCUT2D eigenvalue weighted by Crippen LogP contribution is -2.37. The van der Waals surface area contributed by atoms with Gasteiger partial charge in [-0.25, -0.2) is 9.97 Å². The number of aromatic nitrogens is 3. The van der Waals surface area contributed by atoms with Gasteiger partial charge in [-0.05, 0) is 61.7 Å². The van der Waals surface area contributed by atoms with Gasteiger partial charge in [-0.15, -0.1) is 0 Å². The average Bonchev–Trinajstić information content (AvgIpc) is 3.09. The number of carbonyl (C=O) groups excluding carboxylic acids is 2. The molecule has 0 aromatic carbocycles. The molecule has 8 nitrogen and oxygen atoms in total. The van der Waals surface area contributed by atoms with Crippen LogP contribution in [0.4, 0.5) is 23.9 Å². The largest absolute Gasteiger partial charge is 0.418 e. The molecule has 2 aromatic heterocycles. The molecule has 4 rings (SSSR count). The van der Waals surface area contributed by atoms with E-state index in [1.807, 2.05) is 0 Å². The number of hydrogen-bond donors (Lipinski definition) is 3. The van der Waals surface area contributed by atoms with Gasteiger partial charge in [0.25, 0.3) is 11.1 Å². The summed E-state index contributed by atoms with van der Waals surface area (Å²) in [5, 5.41) is 8.25. The summed E-state index contributed by atoms with van der Waals surface area (Å²) in [6.45, 7) is 0.0619. The molecule has 2 aliphatic rings. The van der Waals surface area contributed by atoms with Crippen LogP contribution in [0.3, 0.4) is 0 Å². The Morgan fingerprint density at radius 2 is 1.85 bits per heavy atom. The van der Waals surface area contributed by atoms with Gasteiger partial charge < -0.3 is 10.6 Å². The number of imide groups is 1. The van der Waals surface area contributed by atoms with Gasteiger partial charge in [-0.2, -0.15) is 13.2 Å². The van der Waals surface area contributed by atoms with Crippen LogP contribution in [0.1, 0.15) is 42.6 Å². The minimum atomic E-state index is -4.42. The molecule has 33 heavy (non-hydrogen) atoms. The Morgan fingerprint density at radius 1 is 1.09 bits per heavy atom. The molecular formula is C21H21F3N6O2S. The molecule has 3 heterocycles. The molecule has 0 atom stereocenters. The molecule has 2 aromatic rings. The van der Waals surface area contributed by atoms with E-state index >= 15 is 0 Å². The average molecular weight is 479 g/mol. The zero-order valence-corrected chi connectivity index (χ0v) is 18.2. The van der Waals surface area contributed by atoms with Crippen molar-refractivity contribution in [2.75, 3.05) is 5.32 Å². The number of carbonyl (C=O) groups is 2. The summed E-state index contributed by atoms with van der Waals surface area (Å²) in [6.07, 6.45) is 3.22. The number of thioether (sulfide) groups is 1. The number of amides is 2. The molecule has 2 fully saturated rings. The number of halogens is 3. The first-order valence-corrected chi connectivity index (χ1v) is 11.2. The van der Waals surface area contributed by atoms with Crippen LogP contribution in [0.25, 0.3) is 6.08 Å². The van der Waals surface area contributed by atoms with Crippen LogP contribution in [0.5, 0.6) is 0 Å². The Bertz CT molecular complexity index is 1070. The molecule has 1 saturated heterocycles. The Morgan fingerprint density at radius 3 is 2.55 bits per heavy atom. The van der Waals surface area contributed by atoms with Gasteiger partial charge in [-0.3, -0.25) is 19.9 Å². The van der Waals surface area contributed by atoms with E-state index in [2.05, 4.69) is 30.9 Å². The molecule has 174 valence electrons. The highest BCUT2D eigenvalue weighted by Crippen LogP contribution is 2.31. The fraction of sp³-hybridized carbons (Fsp3) is 0.381. The van der Waals surface area contributed by atoms with E-state index in [9.17, 15) is 22.8 Å². The van der Waals surface area contributed by atoms with Crippen molar-refractivity contribution in [2.24, 2.45) is 0 Å². The lowest BCUT2D eigenvalue weighted by atomic mass is 9.91. The molecule has 0 unspecified atom stereocenters. The van der Waals surface area contributed by atoms with Crippen LogP contribution in [0.2, 0.25) is 0 Å². The highest BCUT2D eigenvalue weighted by molar-refractivity contribution is 8.18. The van der Waals surface area contributed by atoms with E-state index in [0.29, 0.717) is 11.6 Å². The van der Waals surface area contributed by atoms with Crippen molar-refractivity contribution in [3.05, 3.63) is 52.4 Å². The fourth-order valence-electron chi connectivity index (χ4n) is 3.78. The monoisotopic (exact) mass is 478 g/mol. The van der Waals surface area contributed by atoms with E-state index in [1.165, 1.54) is 18.3 Å². The van der Waals surface area contributed by atoms with Crippen molar-refractivity contribution in [1.29, 1.82) is 0 Å². The number of nitrogens with zero attached hydrogens (tertiary/aromatic N) is 3. The van der Waals surface area contributed by atoms with E-state index < -0.39 is 22.9 Å². The molecule has 0 spiro atoms. The van der Waals surface area contributed by atoms with Gasteiger partial charge in [0.05, 0.1) is 21.9 Å². The summed E-state index contributed by atoms with van der Waals surface area (Å²) < 4.78 is 39.4. The second-order valence-corrected chi connectivity index (χ2v) is 8.74. The van der Waals surface area contributed by atoms with Crippen LogP contribution >= 0.6 is 11.8 Å². The number of pyridine rings is 1. The van der Waals surface area contributed by atoms with Crippen molar-refractivity contribution in [2.45, 2.75) is 50.5 Å². The number of hydrogen-bond acceptors (Lipinski definition) is 8. The Balaban J connectivity index is 1.29. The standard InChI is InChI=1S/C21H21F3N6O2S/c22-21(23,24)15-2-1-8-25-16(15)11-27-12-3-5-13(6-4-12)28-19-26-9-7-14(29-19)10-17-18(31)30-20(32)33-17/h1-2,7-10,12-13,27H,3-6,11H2,(H,26,28,29)(H,30,31,32)/b17-10-/t12-,13-.